The third-order valence-corrected chi connectivity index (χ3v) is 4.92. The fourth-order valence-corrected chi connectivity index (χ4v) is 3.17. The second-order valence-corrected chi connectivity index (χ2v) is 7.15. The third-order valence-electron chi connectivity index (χ3n) is 4.67. The molecule has 0 radical (unpaired) electrons. The van der Waals surface area contributed by atoms with E-state index in [9.17, 15) is 4.79 Å². The maximum absolute atomic E-state index is 12.3. The molecule has 1 heterocycles. The Hall–Kier alpha value is -1.10. The van der Waals surface area contributed by atoms with Gasteiger partial charge in [0.15, 0.2) is 0 Å². The third kappa shape index (κ3) is 5.48. The molecule has 1 aromatic carbocycles. The zero-order valence-electron chi connectivity index (χ0n) is 13.6. The summed E-state index contributed by atoms with van der Waals surface area (Å²) in [6.07, 6.45) is 3.69. The average molecular weight is 336 g/mol. The predicted octanol–water partition coefficient (Wildman–Crippen LogP) is 2.37. The van der Waals surface area contributed by atoms with Crippen molar-refractivity contribution in [2.45, 2.75) is 25.8 Å². The fourth-order valence-electron chi connectivity index (χ4n) is 3.04. The number of halogens is 1. The lowest BCUT2D eigenvalue weighted by Gasteiger charge is -2.22. The van der Waals surface area contributed by atoms with Gasteiger partial charge in [0.25, 0.3) is 0 Å². The Bertz CT molecular complexity index is 516. The summed E-state index contributed by atoms with van der Waals surface area (Å²) in [5.41, 5.74) is 1.28. The first-order chi connectivity index (χ1) is 11.2. The Kier molecular flexibility index (Phi) is 5.92. The molecule has 0 atom stereocenters. The van der Waals surface area contributed by atoms with Gasteiger partial charge in [-0.1, -0.05) is 23.7 Å². The van der Waals surface area contributed by atoms with Gasteiger partial charge in [-0.2, -0.15) is 0 Å². The van der Waals surface area contributed by atoms with Crippen LogP contribution in [0.3, 0.4) is 0 Å². The van der Waals surface area contributed by atoms with Gasteiger partial charge in [0, 0.05) is 37.7 Å². The summed E-state index contributed by atoms with van der Waals surface area (Å²) in [5, 5.41) is 4.08. The molecule has 126 valence electrons. The predicted molar refractivity (Wildman–Crippen MR) is 93.5 cm³/mol. The van der Waals surface area contributed by atoms with Crippen LogP contribution >= 0.6 is 11.6 Å². The Labute approximate surface area is 143 Å². The van der Waals surface area contributed by atoms with Gasteiger partial charge in [-0.25, -0.2) is 0 Å². The molecule has 0 spiro atoms. The molecule has 4 nitrogen and oxygen atoms in total. The largest absolute Gasteiger partial charge is 0.340 e. The minimum atomic E-state index is 0.249. The van der Waals surface area contributed by atoms with Crippen molar-refractivity contribution < 1.29 is 4.79 Å². The van der Waals surface area contributed by atoms with E-state index in [0.717, 1.165) is 56.6 Å². The molecule has 1 aliphatic carbocycles. The minimum Gasteiger partial charge on any atom is -0.340 e. The first-order valence-corrected chi connectivity index (χ1v) is 9.04. The number of amides is 1. The summed E-state index contributed by atoms with van der Waals surface area (Å²) in [5.74, 6) is 1.07. The fraction of sp³-hybridized carbons (Fsp3) is 0.611. The monoisotopic (exact) mass is 335 g/mol. The molecule has 1 saturated heterocycles. The smallest absolute Gasteiger partial charge is 0.236 e. The first-order valence-electron chi connectivity index (χ1n) is 8.66. The second kappa shape index (κ2) is 8.13. The van der Waals surface area contributed by atoms with Gasteiger partial charge < -0.3 is 10.2 Å². The van der Waals surface area contributed by atoms with Crippen LogP contribution < -0.4 is 5.32 Å². The van der Waals surface area contributed by atoms with Crippen LogP contribution in [0.5, 0.6) is 0 Å². The van der Waals surface area contributed by atoms with Gasteiger partial charge in [-0.15, -0.1) is 0 Å². The lowest BCUT2D eigenvalue weighted by molar-refractivity contribution is -0.130. The van der Waals surface area contributed by atoms with E-state index in [4.69, 9.17) is 11.6 Å². The molecule has 23 heavy (non-hydrogen) atoms. The van der Waals surface area contributed by atoms with Crippen molar-refractivity contribution in [2.75, 3.05) is 39.3 Å². The Morgan fingerprint density at radius 1 is 1.13 bits per heavy atom. The van der Waals surface area contributed by atoms with E-state index < -0.39 is 0 Å². The highest BCUT2D eigenvalue weighted by atomic mass is 35.5. The van der Waals surface area contributed by atoms with Crippen LogP contribution in [-0.2, 0) is 11.3 Å². The maximum atomic E-state index is 12.3. The maximum Gasteiger partial charge on any atom is 0.236 e. The van der Waals surface area contributed by atoms with E-state index in [0.29, 0.717) is 6.54 Å². The molecule has 1 aromatic rings. The van der Waals surface area contributed by atoms with Gasteiger partial charge in [-0.3, -0.25) is 9.69 Å². The Morgan fingerprint density at radius 2 is 1.91 bits per heavy atom. The highest BCUT2D eigenvalue weighted by Crippen LogP contribution is 2.27. The molecule has 1 N–H and O–H groups in total. The summed E-state index contributed by atoms with van der Waals surface area (Å²) in [7, 11) is 0. The van der Waals surface area contributed by atoms with Crippen LogP contribution in [-0.4, -0.2) is 55.0 Å². The van der Waals surface area contributed by atoms with E-state index in [1.165, 1.54) is 18.4 Å². The second-order valence-electron chi connectivity index (χ2n) is 6.71. The number of carbonyl (C=O) groups is 1. The van der Waals surface area contributed by atoms with Crippen molar-refractivity contribution in [3.05, 3.63) is 34.9 Å². The van der Waals surface area contributed by atoms with Crippen molar-refractivity contribution in [2.24, 2.45) is 5.92 Å². The quantitative estimate of drug-likeness (QED) is 0.867. The van der Waals surface area contributed by atoms with Crippen LogP contribution in [0.2, 0.25) is 5.02 Å². The topological polar surface area (TPSA) is 35.6 Å². The van der Waals surface area contributed by atoms with E-state index >= 15 is 0 Å². The van der Waals surface area contributed by atoms with Crippen molar-refractivity contribution in [1.29, 1.82) is 0 Å². The van der Waals surface area contributed by atoms with Crippen molar-refractivity contribution in [1.82, 2.24) is 15.1 Å². The number of hydrogen-bond donors (Lipinski definition) is 1. The summed E-state index contributed by atoms with van der Waals surface area (Å²) in [6, 6.07) is 8.04. The summed E-state index contributed by atoms with van der Waals surface area (Å²) in [6.45, 7) is 6.12. The normalized spacial score (nSPS) is 19.6. The number of rotatable bonds is 6. The molecule has 1 aliphatic heterocycles. The van der Waals surface area contributed by atoms with Gasteiger partial charge in [-0.05, 0) is 49.4 Å². The van der Waals surface area contributed by atoms with Gasteiger partial charge in [0.05, 0.1) is 6.54 Å². The number of hydrogen-bond acceptors (Lipinski definition) is 3. The number of carbonyl (C=O) groups excluding carboxylic acids is 1. The molecule has 0 bridgehead atoms. The summed E-state index contributed by atoms with van der Waals surface area (Å²) in [4.78, 5) is 16.7. The summed E-state index contributed by atoms with van der Waals surface area (Å²) >= 11 is 5.94. The molecule has 2 fully saturated rings. The number of nitrogens with zero attached hydrogens (tertiary/aromatic N) is 2. The molecular formula is C18H26ClN3O. The van der Waals surface area contributed by atoms with Crippen LogP contribution in [0.25, 0.3) is 0 Å². The Balaban J connectivity index is 1.42. The molecule has 0 unspecified atom stereocenters. The number of benzene rings is 1. The van der Waals surface area contributed by atoms with Crippen molar-refractivity contribution in [3.63, 3.8) is 0 Å². The van der Waals surface area contributed by atoms with Crippen LogP contribution in [0, 0.1) is 5.92 Å². The molecule has 5 heteroatoms. The number of nitrogens with one attached hydrogen (secondary N) is 1. The summed E-state index contributed by atoms with van der Waals surface area (Å²) < 4.78 is 0. The van der Waals surface area contributed by atoms with E-state index in [-0.39, 0.29) is 5.91 Å². The van der Waals surface area contributed by atoms with E-state index in [2.05, 4.69) is 22.3 Å². The molecule has 1 amide bonds. The lowest BCUT2D eigenvalue weighted by atomic mass is 10.2. The zero-order chi connectivity index (χ0) is 16.1. The van der Waals surface area contributed by atoms with Crippen LogP contribution in [0.15, 0.2) is 24.3 Å². The SMILES string of the molecule is O=C(CNCC1CC1)N1CCCN(Cc2ccc(Cl)cc2)CC1. The van der Waals surface area contributed by atoms with Crippen LogP contribution in [0.1, 0.15) is 24.8 Å². The van der Waals surface area contributed by atoms with Gasteiger partial charge >= 0.3 is 0 Å². The molecule has 3 rings (SSSR count). The van der Waals surface area contributed by atoms with Crippen molar-refractivity contribution >= 4 is 17.5 Å². The van der Waals surface area contributed by atoms with Gasteiger partial charge in [0.2, 0.25) is 5.91 Å². The highest BCUT2D eigenvalue weighted by Gasteiger charge is 2.22. The van der Waals surface area contributed by atoms with Gasteiger partial charge in [0.1, 0.15) is 0 Å². The molecule has 1 saturated carbocycles. The molecule has 2 aliphatic rings. The standard InChI is InChI=1S/C18H26ClN3O/c19-17-6-4-16(5-7-17)14-21-8-1-9-22(11-10-21)18(23)13-20-12-15-2-3-15/h4-7,15,20H,1-3,8-14H2. The average Bonchev–Trinajstić information content (AvgIpc) is 3.37. The molecule has 0 aromatic heterocycles. The van der Waals surface area contributed by atoms with Crippen LogP contribution in [0.4, 0.5) is 0 Å². The van der Waals surface area contributed by atoms with E-state index in [1.54, 1.807) is 0 Å². The molecular weight excluding hydrogens is 310 g/mol. The first kappa shape index (κ1) is 16.7. The minimum absolute atomic E-state index is 0.249. The Morgan fingerprint density at radius 3 is 2.65 bits per heavy atom. The van der Waals surface area contributed by atoms with E-state index in [1.807, 2.05) is 17.0 Å². The zero-order valence-corrected chi connectivity index (χ0v) is 14.4. The highest BCUT2D eigenvalue weighted by molar-refractivity contribution is 6.30. The van der Waals surface area contributed by atoms with Crippen molar-refractivity contribution in [3.8, 4) is 0 Å². The lowest BCUT2D eigenvalue weighted by Crippen LogP contribution is -2.40.